The van der Waals surface area contributed by atoms with Crippen LogP contribution in [-0.2, 0) is 23.9 Å². The van der Waals surface area contributed by atoms with E-state index in [0.29, 0.717) is 10.7 Å². The van der Waals surface area contributed by atoms with Gasteiger partial charge in [0.25, 0.3) is 5.91 Å². The molecule has 1 aromatic carbocycles. The van der Waals surface area contributed by atoms with Crippen molar-refractivity contribution in [3.63, 3.8) is 0 Å². The number of ether oxygens (including phenoxy) is 2. The number of carbonyl (C=O) groups is 3. The first-order valence-corrected chi connectivity index (χ1v) is 8.75. The summed E-state index contributed by atoms with van der Waals surface area (Å²) in [5.41, 5.74) is 1.45. The highest BCUT2D eigenvalue weighted by atomic mass is 35.5. The minimum Gasteiger partial charge on any atom is -0.462 e. The average molecular weight is 364 g/mol. The quantitative estimate of drug-likeness (QED) is 0.830. The molecule has 1 heterocycles. The van der Waals surface area contributed by atoms with Gasteiger partial charge in [-0.2, -0.15) is 0 Å². The molecule has 2 bridgehead atoms. The third kappa shape index (κ3) is 2.78. The molecule has 2 aliphatic carbocycles. The van der Waals surface area contributed by atoms with E-state index in [1.165, 1.54) is 0 Å². The van der Waals surface area contributed by atoms with Crippen LogP contribution in [0.1, 0.15) is 18.4 Å². The molecule has 3 fully saturated rings. The van der Waals surface area contributed by atoms with E-state index in [4.69, 9.17) is 21.1 Å². The van der Waals surface area contributed by atoms with Gasteiger partial charge in [-0.1, -0.05) is 17.7 Å². The highest BCUT2D eigenvalue weighted by Gasteiger charge is 2.64. The third-order valence-electron chi connectivity index (χ3n) is 5.56. The number of nitrogens with one attached hydrogen (secondary N) is 1. The number of hydrogen-bond donors (Lipinski definition) is 1. The lowest BCUT2D eigenvalue weighted by Crippen LogP contribution is -2.34. The van der Waals surface area contributed by atoms with Gasteiger partial charge in [0.15, 0.2) is 6.61 Å². The number of anilines is 1. The number of rotatable bonds is 4. The average Bonchev–Trinajstić information content (AvgIpc) is 3.18. The highest BCUT2D eigenvalue weighted by Crippen LogP contribution is 2.57. The fourth-order valence-electron chi connectivity index (χ4n) is 4.43. The smallest absolute Gasteiger partial charge is 0.310 e. The third-order valence-corrected chi connectivity index (χ3v) is 5.96. The summed E-state index contributed by atoms with van der Waals surface area (Å²) in [6.07, 6.45) is 1.52. The predicted octanol–water partition coefficient (Wildman–Crippen LogP) is 2.33. The fraction of sp³-hybridized carbons (Fsp3) is 0.500. The monoisotopic (exact) mass is 363 g/mol. The molecule has 5 atom stereocenters. The Labute approximate surface area is 149 Å². The molecule has 2 saturated carbocycles. The minimum atomic E-state index is -0.480. The Balaban J connectivity index is 1.34. The van der Waals surface area contributed by atoms with E-state index in [2.05, 4.69) is 5.32 Å². The van der Waals surface area contributed by atoms with Gasteiger partial charge < -0.3 is 14.8 Å². The molecule has 7 heteroatoms. The first kappa shape index (κ1) is 16.4. The van der Waals surface area contributed by atoms with E-state index in [9.17, 15) is 14.4 Å². The summed E-state index contributed by atoms with van der Waals surface area (Å²) in [5.74, 6) is -1.82. The SMILES string of the molecule is Cc1ccc(NC(=O)COC(=O)[C@@H]2[C@@H]3C[C@H]4[C@@H]2C(=O)O[C@@H]4C3)cc1Cl. The molecule has 1 saturated heterocycles. The number of carbonyl (C=O) groups excluding carboxylic acids is 3. The summed E-state index contributed by atoms with van der Waals surface area (Å²) < 4.78 is 10.5. The minimum absolute atomic E-state index is 0.0267. The second kappa shape index (κ2) is 6.02. The van der Waals surface area contributed by atoms with Gasteiger partial charge in [0.2, 0.25) is 0 Å². The summed E-state index contributed by atoms with van der Waals surface area (Å²) in [6.45, 7) is 1.48. The number of fused-ring (bicyclic) bond motifs is 1. The largest absolute Gasteiger partial charge is 0.462 e. The molecule has 132 valence electrons. The second-order valence-electron chi connectivity index (χ2n) is 7.04. The van der Waals surface area contributed by atoms with Crippen molar-refractivity contribution in [2.45, 2.75) is 25.9 Å². The lowest BCUT2D eigenvalue weighted by molar-refractivity contribution is -0.157. The number of amides is 1. The standard InChI is InChI=1S/C18H18ClNO5/c1-8-2-3-10(6-12(8)19)20-14(21)7-24-17(22)15-9-4-11-13(5-9)25-18(23)16(11)15/h2-3,6,9,11,13,15-16H,4-5,7H2,1H3,(H,20,21)/t9-,11-,13-,15-,16+/m1/s1. The molecular weight excluding hydrogens is 346 g/mol. The van der Waals surface area contributed by atoms with Crippen LogP contribution >= 0.6 is 11.6 Å². The molecule has 0 spiro atoms. The Morgan fingerprint density at radius 1 is 1.36 bits per heavy atom. The number of hydrogen-bond acceptors (Lipinski definition) is 5. The Kier molecular flexibility index (Phi) is 3.95. The summed E-state index contributed by atoms with van der Waals surface area (Å²) in [6, 6.07) is 5.16. The molecule has 3 aliphatic rings. The van der Waals surface area contributed by atoms with Crippen molar-refractivity contribution >= 4 is 35.1 Å². The normalized spacial score (nSPS) is 31.8. The van der Waals surface area contributed by atoms with Crippen molar-refractivity contribution in [2.24, 2.45) is 23.7 Å². The zero-order chi connectivity index (χ0) is 17.7. The van der Waals surface area contributed by atoms with Gasteiger partial charge in [0, 0.05) is 16.6 Å². The van der Waals surface area contributed by atoms with Crippen molar-refractivity contribution in [1.82, 2.24) is 0 Å². The second-order valence-corrected chi connectivity index (χ2v) is 7.45. The van der Waals surface area contributed by atoms with E-state index in [0.717, 1.165) is 18.4 Å². The molecule has 1 aliphatic heterocycles. The van der Waals surface area contributed by atoms with E-state index in [-0.39, 0.29) is 30.5 Å². The molecule has 0 radical (unpaired) electrons. The van der Waals surface area contributed by atoms with Gasteiger partial charge in [-0.25, -0.2) is 0 Å². The molecule has 1 amide bonds. The first-order chi connectivity index (χ1) is 11.9. The van der Waals surface area contributed by atoms with Crippen molar-refractivity contribution in [3.8, 4) is 0 Å². The number of esters is 2. The van der Waals surface area contributed by atoms with Gasteiger partial charge in [-0.15, -0.1) is 0 Å². The summed E-state index contributed by atoms with van der Waals surface area (Å²) in [5, 5.41) is 3.19. The molecule has 1 N–H and O–H groups in total. The Bertz CT molecular complexity index is 762. The summed E-state index contributed by atoms with van der Waals surface area (Å²) in [7, 11) is 0. The van der Waals surface area contributed by atoms with Crippen LogP contribution in [0.2, 0.25) is 5.02 Å². The summed E-state index contributed by atoms with van der Waals surface area (Å²) in [4.78, 5) is 36.3. The van der Waals surface area contributed by atoms with E-state index >= 15 is 0 Å². The van der Waals surface area contributed by atoms with Crippen molar-refractivity contribution in [1.29, 1.82) is 0 Å². The Morgan fingerprint density at radius 2 is 2.16 bits per heavy atom. The Morgan fingerprint density at radius 3 is 2.92 bits per heavy atom. The first-order valence-electron chi connectivity index (χ1n) is 8.37. The molecule has 0 aromatic heterocycles. The molecule has 25 heavy (non-hydrogen) atoms. The van der Waals surface area contributed by atoms with Gasteiger partial charge in [-0.05, 0) is 43.4 Å². The lowest BCUT2D eigenvalue weighted by atomic mass is 9.80. The zero-order valence-electron chi connectivity index (χ0n) is 13.7. The van der Waals surface area contributed by atoms with Crippen LogP contribution in [0.4, 0.5) is 5.69 Å². The summed E-state index contributed by atoms with van der Waals surface area (Å²) >= 11 is 6.02. The molecular formula is C18H18ClNO5. The van der Waals surface area contributed by atoms with Crippen LogP contribution in [-0.4, -0.2) is 30.6 Å². The zero-order valence-corrected chi connectivity index (χ0v) is 14.4. The van der Waals surface area contributed by atoms with Crippen molar-refractivity contribution in [3.05, 3.63) is 28.8 Å². The van der Waals surface area contributed by atoms with E-state index in [1.807, 2.05) is 6.92 Å². The maximum atomic E-state index is 12.4. The maximum absolute atomic E-state index is 12.4. The van der Waals surface area contributed by atoms with Crippen LogP contribution in [0.5, 0.6) is 0 Å². The molecule has 1 aromatic rings. The van der Waals surface area contributed by atoms with Gasteiger partial charge in [0.05, 0.1) is 11.8 Å². The predicted molar refractivity (Wildman–Crippen MR) is 88.9 cm³/mol. The molecule has 4 rings (SSSR count). The van der Waals surface area contributed by atoms with Gasteiger partial charge >= 0.3 is 11.9 Å². The van der Waals surface area contributed by atoms with Crippen LogP contribution < -0.4 is 5.32 Å². The Hall–Kier alpha value is -2.08. The number of benzene rings is 1. The highest BCUT2D eigenvalue weighted by molar-refractivity contribution is 6.31. The van der Waals surface area contributed by atoms with Gasteiger partial charge in [-0.3, -0.25) is 14.4 Å². The van der Waals surface area contributed by atoms with Crippen LogP contribution in [0.25, 0.3) is 0 Å². The molecule has 0 unspecified atom stereocenters. The van der Waals surface area contributed by atoms with E-state index in [1.54, 1.807) is 18.2 Å². The molecule has 6 nitrogen and oxygen atoms in total. The number of halogens is 1. The van der Waals surface area contributed by atoms with Crippen molar-refractivity contribution < 1.29 is 23.9 Å². The van der Waals surface area contributed by atoms with E-state index < -0.39 is 23.7 Å². The van der Waals surface area contributed by atoms with Crippen molar-refractivity contribution in [2.75, 3.05) is 11.9 Å². The van der Waals surface area contributed by atoms with Crippen LogP contribution in [0, 0.1) is 30.6 Å². The van der Waals surface area contributed by atoms with Crippen LogP contribution in [0.15, 0.2) is 18.2 Å². The number of aryl methyl sites for hydroxylation is 1. The maximum Gasteiger partial charge on any atom is 0.310 e. The van der Waals surface area contributed by atoms with Gasteiger partial charge in [0.1, 0.15) is 6.10 Å². The van der Waals surface area contributed by atoms with Crippen LogP contribution in [0.3, 0.4) is 0 Å². The topological polar surface area (TPSA) is 81.7 Å². The fourth-order valence-corrected chi connectivity index (χ4v) is 4.61. The lowest BCUT2D eigenvalue weighted by Gasteiger charge is -2.22.